The molecule has 72 valence electrons. The first-order valence-corrected chi connectivity index (χ1v) is 5.38. The molecule has 0 aliphatic carbocycles. The molecule has 12 heavy (non-hydrogen) atoms. The summed E-state index contributed by atoms with van der Waals surface area (Å²) in [5.74, 6) is -2.97. The lowest BCUT2D eigenvalue weighted by Gasteiger charge is -1.97. The predicted molar refractivity (Wildman–Crippen MR) is 36.1 cm³/mol. The second-order valence-corrected chi connectivity index (χ2v) is 4.33. The molecule has 0 spiro atoms. The Hall–Kier alpha value is -0.710. The number of amides is 1. The molecule has 0 radical (unpaired) electrons. The summed E-state index contributed by atoms with van der Waals surface area (Å²) in [5, 5.41) is 0. The van der Waals surface area contributed by atoms with Gasteiger partial charge >= 0.3 is 10.3 Å². The zero-order valence-corrected chi connectivity index (χ0v) is 7.09. The highest BCUT2D eigenvalue weighted by Crippen LogP contribution is 1.82. The normalized spacial score (nSPS) is 12.5. The van der Waals surface area contributed by atoms with E-state index in [1.165, 1.54) is 0 Å². The van der Waals surface area contributed by atoms with E-state index in [0.29, 0.717) is 0 Å². The van der Waals surface area contributed by atoms with Gasteiger partial charge in [0.2, 0.25) is 0 Å². The number of carbonyl (C=O) groups excluding carboxylic acids is 1. The molecule has 0 aromatic heterocycles. The van der Waals surface area contributed by atoms with Crippen molar-refractivity contribution in [3.63, 3.8) is 0 Å². The Balaban J connectivity index is 4.30. The van der Waals surface area contributed by atoms with Crippen LogP contribution in [-0.2, 0) is 25.2 Å². The molecule has 0 heterocycles. The Morgan fingerprint density at radius 3 is 1.83 bits per heavy atom. The van der Waals surface area contributed by atoms with Gasteiger partial charge in [0.05, 0.1) is 0 Å². The highest BCUT2D eigenvalue weighted by molar-refractivity contribution is 7.87. The maximum absolute atomic E-state index is 10.3. The summed E-state index contributed by atoms with van der Waals surface area (Å²) >= 11 is 0. The van der Waals surface area contributed by atoms with E-state index in [0.717, 1.165) is 4.72 Å². The Morgan fingerprint density at radius 2 is 1.58 bits per heavy atom. The monoisotopic (exact) mass is 219 g/mol. The molecule has 0 fully saturated rings. The smallest absolute Gasteiger partial charge is 0.285 e. The molecule has 10 heteroatoms. The number of nitrogens with one attached hydrogen (secondary N) is 1. The minimum absolute atomic E-state index is 0.925. The maximum Gasteiger partial charge on any atom is 0.359 e. The first kappa shape index (κ1) is 11.3. The molecule has 3 N–H and O–H groups in total. The minimum Gasteiger partial charge on any atom is -0.285 e. The van der Waals surface area contributed by atoms with Gasteiger partial charge < -0.3 is 0 Å². The summed E-state index contributed by atoms with van der Waals surface area (Å²) in [7, 11) is -9.35. The van der Waals surface area contributed by atoms with Crippen molar-refractivity contribution in [2.45, 2.75) is 0 Å². The van der Waals surface area contributed by atoms with Crippen molar-refractivity contribution in [3.05, 3.63) is 0 Å². The minimum atomic E-state index is -4.77. The quantitative estimate of drug-likeness (QED) is 0.457. The van der Waals surface area contributed by atoms with Gasteiger partial charge in [0.1, 0.15) is 0 Å². The van der Waals surface area contributed by atoms with Gasteiger partial charge in [0.25, 0.3) is 16.0 Å². The van der Waals surface area contributed by atoms with E-state index in [9.17, 15) is 21.6 Å². The first-order chi connectivity index (χ1) is 5.10. The Morgan fingerprint density at radius 1 is 1.17 bits per heavy atom. The van der Waals surface area contributed by atoms with E-state index >= 15 is 0 Å². The van der Waals surface area contributed by atoms with Crippen LogP contribution in [0.5, 0.6) is 0 Å². The third kappa shape index (κ3) is 7.40. The van der Waals surface area contributed by atoms with E-state index in [1.807, 2.05) is 0 Å². The summed E-state index contributed by atoms with van der Waals surface area (Å²) in [6.07, 6.45) is 0. The average molecular weight is 219 g/mol. The molecule has 0 saturated heterocycles. The van der Waals surface area contributed by atoms with Gasteiger partial charge in [-0.3, -0.25) is 13.9 Å². The average Bonchev–Trinajstić information content (AvgIpc) is 1.49. The van der Waals surface area contributed by atoms with Gasteiger partial charge in [-0.25, -0.2) is 4.72 Å². The van der Waals surface area contributed by atoms with Gasteiger partial charge in [0.15, 0.2) is 5.75 Å². The molecule has 0 bridgehead atoms. The number of carbonyl (C=O) groups is 1. The van der Waals surface area contributed by atoms with Crippen molar-refractivity contribution >= 4 is 26.3 Å². The molecule has 0 aromatic carbocycles. The fraction of sp³-hybridized carbons (Fsp3) is 0.500. The van der Waals surface area contributed by atoms with Crippen molar-refractivity contribution < 1.29 is 30.7 Å². The first-order valence-electron chi connectivity index (χ1n) is 2.33. The molecule has 0 saturated carbocycles. The van der Waals surface area contributed by atoms with E-state index in [-0.39, 0.29) is 0 Å². The highest BCUT2D eigenvalue weighted by atomic mass is 32.2. The van der Waals surface area contributed by atoms with Crippen molar-refractivity contribution in [2.24, 2.45) is 0 Å². The number of rotatable bonds is 3. The Bertz CT molecular complexity index is 326. The summed E-state index contributed by atoms with van der Waals surface area (Å²) in [5.41, 5.74) is 0. The van der Waals surface area contributed by atoms with Gasteiger partial charge in [-0.1, -0.05) is 0 Å². The van der Waals surface area contributed by atoms with Crippen LogP contribution in [0.1, 0.15) is 0 Å². The largest absolute Gasteiger partial charge is 0.359 e. The molecule has 0 rings (SSSR count). The Labute approximate surface area is 68.2 Å². The van der Waals surface area contributed by atoms with Crippen LogP contribution in [0.15, 0.2) is 0 Å². The molecule has 0 aliphatic rings. The summed E-state index contributed by atoms with van der Waals surface area (Å²) in [6.45, 7) is 0. The molecule has 8 nitrogen and oxygen atoms in total. The van der Waals surface area contributed by atoms with Crippen LogP contribution in [-0.4, -0.2) is 37.6 Å². The molecular formula is C2H5NO7S2. The third-order valence-corrected chi connectivity index (χ3v) is 1.67. The lowest BCUT2D eigenvalue weighted by molar-refractivity contribution is -0.117. The molecule has 0 atom stereocenters. The zero-order chi connectivity index (χ0) is 9.99. The third-order valence-electron chi connectivity index (χ3n) is 0.556. The van der Waals surface area contributed by atoms with Crippen molar-refractivity contribution in [1.82, 2.24) is 4.72 Å². The summed E-state index contributed by atoms with van der Waals surface area (Å²) in [6, 6.07) is 0. The lowest BCUT2D eigenvalue weighted by atomic mass is 10.8. The fourth-order valence-corrected chi connectivity index (χ4v) is 1.19. The molecule has 1 amide bonds. The van der Waals surface area contributed by atoms with Crippen LogP contribution >= 0.6 is 0 Å². The van der Waals surface area contributed by atoms with Crippen LogP contribution in [0, 0.1) is 0 Å². The van der Waals surface area contributed by atoms with E-state index in [1.54, 1.807) is 0 Å². The van der Waals surface area contributed by atoms with Gasteiger partial charge in [-0.2, -0.15) is 16.8 Å². The summed E-state index contributed by atoms with van der Waals surface area (Å²) < 4.78 is 56.5. The Kier molecular flexibility index (Phi) is 3.15. The van der Waals surface area contributed by atoms with Crippen LogP contribution in [0.4, 0.5) is 0 Å². The SMILES string of the molecule is O=C(CS(=O)(=O)O)NS(=O)(=O)O. The van der Waals surface area contributed by atoms with Gasteiger partial charge in [-0.05, 0) is 0 Å². The summed E-state index contributed by atoms with van der Waals surface area (Å²) in [4.78, 5) is 10.3. The van der Waals surface area contributed by atoms with Crippen molar-refractivity contribution in [3.8, 4) is 0 Å². The maximum atomic E-state index is 10.3. The molecule has 0 aromatic rings. The number of hydrogen-bond acceptors (Lipinski definition) is 5. The van der Waals surface area contributed by atoms with E-state index in [2.05, 4.69) is 0 Å². The van der Waals surface area contributed by atoms with Crippen LogP contribution < -0.4 is 4.72 Å². The van der Waals surface area contributed by atoms with Gasteiger partial charge in [-0.15, -0.1) is 0 Å². The second-order valence-electron chi connectivity index (χ2n) is 1.73. The van der Waals surface area contributed by atoms with E-state index in [4.69, 9.17) is 9.11 Å². The standard InChI is InChI=1S/C2H5NO7S2/c4-2(1-11(5,6)7)3-12(8,9)10/h1H2,(H,3,4)(H,5,6,7)(H,8,9,10). The second kappa shape index (κ2) is 3.35. The van der Waals surface area contributed by atoms with Crippen LogP contribution in [0.3, 0.4) is 0 Å². The number of hydrogen-bond donors (Lipinski definition) is 3. The topological polar surface area (TPSA) is 138 Å². The van der Waals surface area contributed by atoms with Crippen molar-refractivity contribution in [1.29, 1.82) is 0 Å². The molecular weight excluding hydrogens is 214 g/mol. The van der Waals surface area contributed by atoms with E-state index < -0.39 is 32.1 Å². The zero-order valence-electron chi connectivity index (χ0n) is 5.46. The molecule has 0 aliphatic heterocycles. The van der Waals surface area contributed by atoms with Crippen LogP contribution in [0.2, 0.25) is 0 Å². The predicted octanol–water partition coefficient (Wildman–Crippen LogP) is -2.21. The lowest BCUT2D eigenvalue weighted by Crippen LogP contribution is -2.34. The van der Waals surface area contributed by atoms with Crippen LogP contribution in [0.25, 0.3) is 0 Å². The van der Waals surface area contributed by atoms with Crippen molar-refractivity contribution in [2.75, 3.05) is 5.75 Å². The molecule has 0 unspecified atom stereocenters. The highest BCUT2D eigenvalue weighted by Gasteiger charge is 2.16. The fourth-order valence-electron chi connectivity index (χ4n) is 0.339. The van der Waals surface area contributed by atoms with Gasteiger partial charge in [0, 0.05) is 0 Å².